The summed E-state index contributed by atoms with van der Waals surface area (Å²) >= 11 is 0. The zero-order valence-electron chi connectivity index (χ0n) is 10.8. The van der Waals surface area contributed by atoms with Crippen LogP contribution in [0.25, 0.3) is 0 Å². The van der Waals surface area contributed by atoms with Crippen molar-refractivity contribution in [3.63, 3.8) is 0 Å². The monoisotopic (exact) mass is 238 g/mol. The van der Waals surface area contributed by atoms with Crippen molar-refractivity contribution in [1.82, 2.24) is 4.90 Å². The molecule has 0 aromatic heterocycles. The summed E-state index contributed by atoms with van der Waals surface area (Å²) in [6.45, 7) is 2.98. The van der Waals surface area contributed by atoms with E-state index in [0.29, 0.717) is 12.1 Å². The molecule has 2 heterocycles. The molecule has 0 radical (unpaired) electrons. The highest BCUT2D eigenvalue weighted by molar-refractivity contribution is 4.94. The molecule has 3 rings (SSSR count). The second-order valence-corrected chi connectivity index (χ2v) is 6.09. The predicted molar refractivity (Wildman–Crippen MR) is 68.9 cm³/mol. The lowest BCUT2D eigenvalue weighted by molar-refractivity contribution is -0.0466. The second-order valence-electron chi connectivity index (χ2n) is 6.09. The highest BCUT2D eigenvalue weighted by Gasteiger charge is 2.39. The maximum atomic E-state index is 6.31. The average molecular weight is 238 g/mol. The van der Waals surface area contributed by atoms with Crippen molar-refractivity contribution in [3.05, 3.63) is 0 Å². The van der Waals surface area contributed by atoms with Crippen molar-refractivity contribution in [1.29, 1.82) is 0 Å². The van der Waals surface area contributed by atoms with Crippen molar-refractivity contribution in [3.8, 4) is 0 Å². The number of nitrogens with two attached hydrogens (primary N) is 1. The Kier molecular flexibility index (Phi) is 3.69. The van der Waals surface area contributed by atoms with Crippen molar-refractivity contribution in [2.45, 2.75) is 63.1 Å². The maximum absolute atomic E-state index is 6.31. The molecule has 2 saturated heterocycles. The van der Waals surface area contributed by atoms with Crippen LogP contribution in [-0.2, 0) is 4.74 Å². The summed E-state index contributed by atoms with van der Waals surface area (Å²) < 4.78 is 5.66. The average Bonchev–Trinajstić information content (AvgIpc) is 2.39. The van der Waals surface area contributed by atoms with Gasteiger partial charge in [-0.15, -0.1) is 0 Å². The number of likely N-dealkylation sites (tertiary alicyclic amines) is 1. The maximum Gasteiger partial charge on any atom is 0.0637 e. The third-order valence-electron chi connectivity index (χ3n) is 5.09. The molecule has 17 heavy (non-hydrogen) atoms. The summed E-state index contributed by atoms with van der Waals surface area (Å²) in [4.78, 5) is 2.72. The third-order valence-corrected chi connectivity index (χ3v) is 5.09. The Hall–Kier alpha value is -0.120. The smallest absolute Gasteiger partial charge is 0.0637 e. The minimum atomic E-state index is 0.337. The molecule has 1 aliphatic carbocycles. The summed E-state index contributed by atoms with van der Waals surface area (Å²) in [6.07, 6.45) is 9.56. The van der Waals surface area contributed by atoms with E-state index in [1.165, 1.54) is 45.1 Å². The first-order valence-electron chi connectivity index (χ1n) is 7.45. The highest BCUT2D eigenvalue weighted by atomic mass is 16.5. The van der Waals surface area contributed by atoms with Crippen molar-refractivity contribution in [2.24, 2.45) is 11.7 Å². The van der Waals surface area contributed by atoms with E-state index in [2.05, 4.69) is 4.90 Å². The number of ether oxygens (including phenoxy) is 1. The number of hydrogen-bond acceptors (Lipinski definition) is 3. The van der Waals surface area contributed by atoms with Crippen LogP contribution in [0.3, 0.4) is 0 Å². The van der Waals surface area contributed by atoms with Crippen molar-refractivity contribution < 1.29 is 4.74 Å². The number of hydrogen-bond donors (Lipinski definition) is 1. The number of nitrogens with zero attached hydrogens (tertiary/aromatic N) is 1. The Morgan fingerprint density at radius 2 is 1.76 bits per heavy atom. The van der Waals surface area contributed by atoms with E-state index in [9.17, 15) is 0 Å². The van der Waals surface area contributed by atoms with E-state index >= 15 is 0 Å². The molecule has 3 fully saturated rings. The lowest BCUT2D eigenvalue weighted by Crippen LogP contribution is -2.60. The molecular formula is C14H26N2O. The highest BCUT2D eigenvalue weighted by Crippen LogP contribution is 2.37. The van der Waals surface area contributed by atoms with Crippen LogP contribution in [0, 0.1) is 5.92 Å². The zero-order valence-corrected chi connectivity index (χ0v) is 10.8. The van der Waals surface area contributed by atoms with Gasteiger partial charge in [-0.1, -0.05) is 12.8 Å². The molecule has 0 aromatic rings. The van der Waals surface area contributed by atoms with Gasteiger partial charge in [-0.2, -0.15) is 0 Å². The van der Waals surface area contributed by atoms with E-state index in [1.54, 1.807) is 0 Å². The predicted octanol–water partition coefficient (Wildman–Crippen LogP) is 1.76. The molecule has 1 saturated carbocycles. The van der Waals surface area contributed by atoms with E-state index in [1.807, 2.05) is 0 Å². The Balaban J connectivity index is 1.71. The van der Waals surface area contributed by atoms with Crippen LogP contribution in [-0.4, -0.2) is 42.8 Å². The van der Waals surface area contributed by atoms with Crippen molar-refractivity contribution >= 4 is 0 Å². The molecular weight excluding hydrogens is 212 g/mol. The lowest BCUT2D eigenvalue weighted by atomic mass is 9.77. The van der Waals surface area contributed by atoms with Gasteiger partial charge in [-0.25, -0.2) is 0 Å². The minimum Gasteiger partial charge on any atom is -0.380 e. The van der Waals surface area contributed by atoms with Gasteiger partial charge in [-0.3, -0.25) is 4.90 Å². The van der Waals surface area contributed by atoms with Crippen LogP contribution in [0.4, 0.5) is 0 Å². The van der Waals surface area contributed by atoms with Gasteiger partial charge in [0.2, 0.25) is 0 Å². The van der Waals surface area contributed by atoms with Gasteiger partial charge in [0.05, 0.1) is 6.61 Å². The lowest BCUT2D eigenvalue weighted by Gasteiger charge is -2.50. The summed E-state index contributed by atoms with van der Waals surface area (Å²) in [5.74, 6) is 0.951. The van der Waals surface area contributed by atoms with E-state index in [4.69, 9.17) is 10.5 Å². The minimum absolute atomic E-state index is 0.337. The van der Waals surface area contributed by atoms with Crippen molar-refractivity contribution in [2.75, 3.05) is 19.8 Å². The van der Waals surface area contributed by atoms with Gasteiger partial charge in [0.25, 0.3) is 0 Å². The Morgan fingerprint density at radius 3 is 2.65 bits per heavy atom. The van der Waals surface area contributed by atoms with Crippen LogP contribution >= 0.6 is 0 Å². The van der Waals surface area contributed by atoms with Crippen LogP contribution in [0.2, 0.25) is 0 Å². The molecule has 2 aliphatic heterocycles. The summed E-state index contributed by atoms with van der Waals surface area (Å²) in [6, 6.07) is 1.65. The molecule has 3 aliphatic rings. The molecule has 0 spiro atoms. The summed E-state index contributed by atoms with van der Waals surface area (Å²) in [5, 5.41) is 0. The van der Waals surface area contributed by atoms with Gasteiger partial charge >= 0.3 is 0 Å². The van der Waals surface area contributed by atoms with Crippen LogP contribution in [0.15, 0.2) is 0 Å². The van der Waals surface area contributed by atoms with Gasteiger partial charge in [0, 0.05) is 24.7 Å². The van der Waals surface area contributed by atoms with Gasteiger partial charge in [0.15, 0.2) is 0 Å². The third kappa shape index (κ3) is 2.38. The molecule has 0 bridgehead atoms. The Bertz CT molecular complexity index is 251. The quantitative estimate of drug-likeness (QED) is 0.756. The molecule has 3 nitrogen and oxygen atoms in total. The Labute approximate surface area is 105 Å². The molecule has 0 amide bonds. The number of rotatable bonds is 1. The van der Waals surface area contributed by atoms with E-state index in [0.717, 1.165) is 31.6 Å². The van der Waals surface area contributed by atoms with Gasteiger partial charge in [0.1, 0.15) is 0 Å². The fraction of sp³-hybridized carbons (Fsp3) is 1.00. The van der Waals surface area contributed by atoms with Gasteiger partial charge in [-0.05, 0) is 44.6 Å². The topological polar surface area (TPSA) is 38.5 Å². The molecule has 4 atom stereocenters. The first-order chi connectivity index (χ1) is 8.36. The molecule has 98 valence electrons. The molecule has 2 N–H and O–H groups in total. The van der Waals surface area contributed by atoms with Crippen LogP contribution in [0.5, 0.6) is 0 Å². The second kappa shape index (κ2) is 5.25. The van der Waals surface area contributed by atoms with E-state index < -0.39 is 0 Å². The SMILES string of the molecule is NC1CCOCC1N1CCCC2CCCCC21. The van der Waals surface area contributed by atoms with Gasteiger partial charge < -0.3 is 10.5 Å². The molecule has 0 aromatic carbocycles. The number of fused-ring (bicyclic) bond motifs is 1. The standard InChI is InChI=1S/C14H26N2O/c15-12-7-9-17-10-14(12)16-8-3-5-11-4-1-2-6-13(11)16/h11-14H,1-10,15H2. The summed E-state index contributed by atoms with van der Waals surface area (Å²) in [5.41, 5.74) is 6.31. The molecule has 4 unspecified atom stereocenters. The normalized spacial score (nSPS) is 44.3. The fourth-order valence-electron chi connectivity index (χ4n) is 4.16. The largest absolute Gasteiger partial charge is 0.380 e. The Morgan fingerprint density at radius 1 is 0.941 bits per heavy atom. The first-order valence-corrected chi connectivity index (χ1v) is 7.45. The first kappa shape index (κ1) is 11.9. The number of piperidine rings is 1. The fourth-order valence-corrected chi connectivity index (χ4v) is 4.16. The summed E-state index contributed by atoms with van der Waals surface area (Å²) in [7, 11) is 0. The zero-order chi connectivity index (χ0) is 11.7. The van der Waals surface area contributed by atoms with E-state index in [-0.39, 0.29) is 0 Å². The van der Waals surface area contributed by atoms with Crippen LogP contribution in [0.1, 0.15) is 44.9 Å². The van der Waals surface area contributed by atoms with Crippen LogP contribution < -0.4 is 5.73 Å². The molecule has 3 heteroatoms.